The van der Waals surface area contributed by atoms with E-state index in [4.69, 9.17) is 4.42 Å². The predicted molar refractivity (Wildman–Crippen MR) is 86.9 cm³/mol. The lowest BCUT2D eigenvalue weighted by atomic mass is 10.2. The van der Waals surface area contributed by atoms with Crippen LogP contribution < -0.4 is 10.6 Å². The number of anilines is 2. The van der Waals surface area contributed by atoms with E-state index < -0.39 is 6.04 Å². The quantitative estimate of drug-likeness (QED) is 0.770. The lowest BCUT2D eigenvalue weighted by molar-refractivity contribution is -0.116. The van der Waals surface area contributed by atoms with Gasteiger partial charge in [0.2, 0.25) is 5.91 Å². The van der Waals surface area contributed by atoms with Crippen LogP contribution in [-0.4, -0.2) is 16.9 Å². The third kappa shape index (κ3) is 3.48. The first-order valence-corrected chi connectivity index (χ1v) is 7.21. The van der Waals surface area contributed by atoms with E-state index in [9.17, 15) is 9.18 Å². The monoisotopic (exact) mass is 313 g/mol. The molecule has 3 aromatic rings. The summed E-state index contributed by atoms with van der Waals surface area (Å²) >= 11 is 0. The van der Waals surface area contributed by atoms with Crippen molar-refractivity contribution in [3.63, 3.8) is 0 Å². The van der Waals surface area contributed by atoms with Crippen molar-refractivity contribution in [1.29, 1.82) is 0 Å². The van der Waals surface area contributed by atoms with Gasteiger partial charge in [0.15, 0.2) is 11.5 Å². The fraction of sp³-hybridized carbons (Fsp3) is 0.176. The normalized spacial score (nSPS) is 12.1. The summed E-state index contributed by atoms with van der Waals surface area (Å²) in [4.78, 5) is 16.4. The van der Waals surface area contributed by atoms with Crippen LogP contribution in [0.3, 0.4) is 0 Å². The number of benzene rings is 2. The van der Waals surface area contributed by atoms with Crippen molar-refractivity contribution in [2.75, 3.05) is 10.6 Å². The maximum Gasteiger partial charge on any atom is 0.246 e. The highest BCUT2D eigenvalue weighted by atomic mass is 19.1. The topological polar surface area (TPSA) is 67.2 Å². The van der Waals surface area contributed by atoms with Gasteiger partial charge in [-0.25, -0.2) is 9.37 Å². The lowest BCUT2D eigenvalue weighted by Crippen LogP contribution is -2.31. The van der Waals surface area contributed by atoms with Crippen LogP contribution in [0.15, 0.2) is 46.9 Å². The van der Waals surface area contributed by atoms with Gasteiger partial charge in [0, 0.05) is 18.3 Å². The number of aromatic nitrogens is 1. The number of aryl methyl sites for hydroxylation is 1. The molecule has 0 spiro atoms. The summed E-state index contributed by atoms with van der Waals surface area (Å²) in [5.74, 6) is 0.0395. The number of amides is 1. The second kappa shape index (κ2) is 6.08. The molecule has 0 unspecified atom stereocenters. The van der Waals surface area contributed by atoms with E-state index in [1.807, 2.05) is 18.2 Å². The van der Waals surface area contributed by atoms with E-state index in [1.165, 1.54) is 24.3 Å². The Morgan fingerprint density at radius 1 is 1.17 bits per heavy atom. The first-order valence-electron chi connectivity index (χ1n) is 7.21. The second-order valence-corrected chi connectivity index (χ2v) is 5.28. The molecule has 0 radical (unpaired) electrons. The average Bonchev–Trinajstić information content (AvgIpc) is 2.88. The third-order valence-corrected chi connectivity index (χ3v) is 3.38. The molecule has 0 bridgehead atoms. The summed E-state index contributed by atoms with van der Waals surface area (Å²) in [6, 6.07) is 10.6. The Morgan fingerprint density at radius 2 is 1.87 bits per heavy atom. The van der Waals surface area contributed by atoms with E-state index >= 15 is 0 Å². The number of oxazole rings is 1. The van der Waals surface area contributed by atoms with Crippen molar-refractivity contribution in [3.05, 3.63) is 54.2 Å². The van der Waals surface area contributed by atoms with Crippen LogP contribution in [0.4, 0.5) is 15.8 Å². The maximum absolute atomic E-state index is 12.9. The number of nitrogens with one attached hydrogen (secondary N) is 2. The zero-order valence-corrected chi connectivity index (χ0v) is 12.8. The number of rotatable bonds is 4. The largest absolute Gasteiger partial charge is 0.441 e. The number of fused-ring (bicyclic) bond motifs is 1. The molecule has 0 aliphatic carbocycles. The molecule has 2 N–H and O–H groups in total. The summed E-state index contributed by atoms with van der Waals surface area (Å²) in [5, 5.41) is 5.84. The molecule has 23 heavy (non-hydrogen) atoms. The van der Waals surface area contributed by atoms with Gasteiger partial charge in [-0.3, -0.25) is 4.79 Å². The van der Waals surface area contributed by atoms with Crippen LogP contribution in [0.1, 0.15) is 12.8 Å². The SMILES string of the molecule is Cc1nc2cc(N[C@H](C)C(=O)Nc3ccc(F)cc3)ccc2o1. The first-order chi connectivity index (χ1) is 11.0. The molecule has 0 aliphatic rings. The zero-order chi connectivity index (χ0) is 16.4. The molecule has 0 fully saturated rings. The molecular formula is C17H16FN3O2. The fourth-order valence-electron chi connectivity index (χ4n) is 2.23. The van der Waals surface area contributed by atoms with Gasteiger partial charge >= 0.3 is 0 Å². The molecule has 118 valence electrons. The van der Waals surface area contributed by atoms with Crippen LogP contribution in [0.25, 0.3) is 11.1 Å². The minimum Gasteiger partial charge on any atom is -0.441 e. The van der Waals surface area contributed by atoms with Crippen molar-refractivity contribution in [2.24, 2.45) is 0 Å². The molecule has 1 amide bonds. The number of carbonyl (C=O) groups excluding carboxylic acids is 1. The minimum atomic E-state index is -0.467. The number of nitrogens with zero attached hydrogens (tertiary/aromatic N) is 1. The molecule has 0 aliphatic heterocycles. The average molecular weight is 313 g/mol. The molecule has 1 atom stereocenters. The van der Waals surface area contributed by atoms with Gasteiger partial charge in [0.1, 0.15) is 17.4 Å². The Balaban J connectivity index is 1.67. The maximum atomic E-state index is 12.9. The predicted octanol–water partition coefficient (Wildman–Crippen LogP) is 3.71. The minimum absolute atomic E-state index is 0.215. The van der Waals surface area contributed by atoms with Gasteiger partial charge in [0.05, 0.1) is 0 Å². The second-order valence-electron chi connectivity index (χ2n) is 5.28. The van der Waals surface area contributed by atoms with Crippen molar-refractivity contribution >= 4 is 28.4 Å². The van der Waals surface area contributed by atoms with Gasteiger partial charge in [-0.15, -0.1) is 0 Å². The highest BCUT2D eigenvalue weighted by Gasteiger charge is 2.13. The lowest BCUT2D eigenvalue weighted by Gasteiger charge is -2.15. The molecular weight excluding hydrogens is 297 g/mol. The summed E-state index contributed by atoms with van der Waals surface area (Å²) in [7, 11) is 0. The van der Waals surface area contributed by atoms with E-state index in [2.05, 4.69) is 15.6 Å². The molecule has 0 saturated heterocycles. The number of hydrogen-bond acceptors (Lipinski definition) is 4. The van der Waals surface area contributed by atoms with Gasteiger partial charge in [-0.2, -0.15) is 0 Å². The van der Waals surface area contributed by atoms with Crippen LogP contribution in [0.5, 0.6) is 0 Å². The van der Waals surface area contributed by atoms with Crippen LogP contribution in [0, 0.1) is 12.7 Å². The number of halogens is 1. The van der Waals surface area contributed by atoms with Gasteiger partial charge in [0.25, 0.3) is 0 Å². The van der Waals surface area contributed by atoms with Gasteiger partial charge in [-0.05, 0) is 49.4 Å². The van der Waals surface area contributed by atoms with E-state index in [-0.39, 0.29) is 11.7 Å². The van der Waals surface area contributed by atoms with Gasteiger partial charge < -0.3 is 15.1 Å². The Labute approximate surface area is 132 Å². The molecule has 2 aromatic carbocycles. The number of hydrogen-bond donors (Lipinski definition) is 2. The molecule has 1 heterocycles. The van der Waals surface area contributed by atoms with E-state index in [1.54, 1.807) is 13.8 Å². The molecule has 1 aromatic heterocycles. The summed E-state index contributed by atoms with van der Waals surface area (Å²) in [5.41, 5.74) is 2.76. The highest BCUT2D eigenvalue weighted by molar-refractivity contribution is 5.96. The van der Waals surface area contributed by atoms with E-state index in [0.29, 0.717) is 17.2 Å². The molecule has 0 saturated carbocycles. The Hall–Kier alpha value is -2.89. The zero-order valence-electron chi connectivity index (χ0n) is 12.8. The Kier molecular flexibility index (Phi) is 3.97. The van der Waals surface area contributed by atoms with Crippen LogP contribution >= 0.6 is 0 Å². The van der Waals surface area contributed by atoms with Crippen LogP contribution in [-0.2, 0) is 4.79 Å². The Morgan fingerprint density at radius 3 is 2.61 bits per heavy atom. The fourth-order valence-corrected chi connectivity index (χ4v) is 2.23. The first kappa shape index (κ1) is 15.0. The van der Waals surface area contributed by atoms with Crippen molar-refractivity contribution < 1.29 is 13.6 Å². The van der Waals surface area contributed by atoms with Gasteiger partial charge in [-0.1, -0.05) is 0 Å². The summed E-state index contributed by atoms with van der Waals surface area (Å²) < 4.78 is 18.3. The Bertz CT molecular complexity index is 843. The molecule has 6 heteroatoms. The van der Waals surface area contributed by atoms with Crippen molar-refractivity contribution in [3.8, 4) is 0 Å². The summed E-state index contributed by atoms with van der Waals surface area (Å²) in [6.45, 7) is 3.53. The standard InChI is InChI=1S/C17H16FN3O2/c1-10(17(22)21-13-5-3-12(18)4-6-13)19-14-7-8-16-15(9-14)20-11(2)23-16/h3-10,19H,1-2H3,(H,21,22)/t10-/m1/s1. The van der Waals surface area contributed by atoms with E-state index in [0.717, 1.165) is 11.2 Å². The third-order valence-electron chi connectivity index (χ3n) is 3.38. The van der Waals surface area contributed by atoms with Crippen molar-refractivity contribution in [1.82, 2.24) is 4.98 Å². The molecule has 3 rings (SSSR count). The van der Waals surface area contributed by atoms with Crippen molar-refractivity contribution in [2.45, 2.75) is 19.9 Å². The van der Waals surface area contributed by atoms with Crippen LogP contribution in [0.2, 0.25) is 0 Å². The number of carbonyl (C=O) groups is 1. The highest BCUT2D eigenvalue weighted by Crippen LogP contribution is 2.20. The molecule has 5 nitrogen and oxygen atoms in total. The summed E-state index contributed by atoms with van der Waals surface area (Å²) in [6.07, 6.45) is 0. The smallest absolute Gasteiger partial charge is 0.246 e.